The summed E-state index contributed by atoms with van der Waals surface area (Å²) in [5.41, 5.74) is 0. The van der Waals surface area contributed by atoms with Gasteiger partial charge in [-0.2, -0.15) is 0 Å². The summed E-state index contributed by atoms with van der Waals surface area (Å²) in [4.78, 5) is 0. The quantitative estimate of drug-likeness (QED) is 0.722. The highest BCUT2D eigenvalue weighted by atomic mass is 14.9. The molecule has 82 valence electrons. The molecule has 0 unspecified atom stereocenters. The zero-order chi connectivity index (χ0) is 9.64. The molecule has 2 rings (SSSR count). The van der Waals surface area contributed by atoms with Gasteiger partial charge in [0.2, 0.25) is 0 Å². The number of piperidine rings is 2. The molecule has 2 aliphatic rings. The van der Waals surface area contributed by atoms with Gasteiger partial charge in [0.1, 0.15) is 0 Å². The highest BCUT2D eigenvalue weighted by Gasteiger charge is 2.16. The predicted molar refractivity (Wildman–Crippen MR) is 60.5 cm³/mol. The van der Waals surface area contributed by atoms with E-state index in [0.29, 0.717) is 0 Å². The van der Waals surface area contributed by atoms with Crippen molar-refractivity contribution in [3.63, 3.8) is 0 Å². The molecule has 0 bridgehead atoms. The fourth-order valence-corrected chi connectivity index (χ4v) is 2.74. The lowest BCUT2D eigenvalue weighted by molar-refractivity contribution is 0.324. The topological polar surface area (TPSA) is 24.1 Å². The summed E-state index contributed by atoms with van der Waals surface area (Å²) >= 11 is 0. The van der Waals surface area contributed by atoms with E-state index in [0.717, 1.165) is 12.1 Å². The molecule has 0 amide bonds. The highest BCUT2D eigenvalue weighted by molar-refractivity contribution is 4.77. The molecule has 2 nitrogen and oxygen atoms in total. The maximum atomic E-state index is 3.63. The average molecular weight is 196 g/mol. The van der Waals surface area contributed by atoms with E-state index in [2.05, 4.69) is 10.6 Å². The molecule has 2 fully saturated rings. The summed E-state index contributed by atoms with van der Waals surface area (Å²) in [5.74, 6) is 0. The largest absolute Gasteiger partial charge is 0.314 e. The third kappa shape index (κ3) is 3.25. The third-order valence-corrected chi connectivity index (χ3v) is 3.69. The third-order valence-electron chi connectivity index (χ3n) is 3.69. The molecule has 0 aromatic heterocycles. The van der Waals surface area contributed by atoms with Crippen LogP contribution < -0.4 is 10.6 Å². The Bertz CT molecular complexity index is 128. The van der Waals surface area contributed by atoms with Crippen molar-refractivity contribution in [3.05, 3.63) is 0 Å². The van der Waals surface area contributed by atoms with E-state index in [9.17, 15) is 0 Å². The van der Waals surface area contributed by atoms with Crippen LogP contribution in [0.5, 0.6) is 0 Å². The van der Waals surface area contributed by atoms with Gasteiger partial charge in [-0.15, -0.1) is 0 Å². The lowest BCUT2D eigenvalue weighted by atomic mass is 9.95. The molecular weight excluding hydrogens is 172 g/mol. The molecule has 0 saturated carbocycles. The Labute approximate surface area is 87.8 Å². The van der Waals surface area contributed by atoms with Crippen molar-refractivity contribution in [1.82, 2.24) is 10.6 Å². The number of nitrogens with one attached hydrogen (secondary N) is 2. The van der Waals surface area contributed by atoms with Gasteiger partial charge < -0.3 is 10.6 Å². The van der Waals surface area contributed by atoms with E-state index in [-0.39, 0.29) is 0 Å². The molecule has 0 aromatic rings. The van der Waals surface area contributed by atoms with E-state index >= 15 is 0 Å². The fraction of sp³-hybridized carbons (Fsp3) is 1.00. The lowest BCUT2D eigenvalue weighted by Gasteiger charge is -2.28. The Kier molecular flexibility index (Phi) is 4.26. The van der Waals surface area contributed by atoms with Crippen LogP contribution in [0.4, 0.5) is 0 Å². The van der Waals surface area contributed by atoms with Crippen LogP contribution in [0.15, 0.2) is 0 Å². The van der Waals surface area contributed by atoms with Crippen LogP contribution in [0.2, 0.25) is 0 Å². The molecule has 0 aliphatic carbocycles. The normalized spacial score (nSPS) is 34.3. The van der Waals surface area contributed by atoms with Crippen LogP contribution in [0.1, 0.15) is 51.4 Å². The Morgan fingerprint density at radius 2 is 1.21 bits per heavy atom. The molecule has 2 N–H and O–H groups in total. The minimum atomic E-state index is 0.826. The van der Waals surface area contributed by atoms with Crippen LogP contribution in [0, 0.1) is 0 Å². The summed E-state index contributed by atoms with van der Waals surface area (Å²) in [6.45, 7) is 2.51. The predicted octanol–water partition coefficient (Wildman–Crippen LogP) is 2.05. The molecule has 0 spiro atoms. The molecule has 14 heavy (non-hydrogen) atoms. The zero-order valence-corrected chi connectivity index (χ0v) is 9.23. The Hall–Kier alpha value is -0.0800. The second-order valence-corrected chi connectivity index (χ2v) is 4.87. The van der Waals surface area contributed by atoms with Gasteiger partial charge in [-0.3, -0.25) is 0 Å². The van der Waals surface area contributed by atoms with Crippen LogP contribution in [0.25, 0.3) is 0 Å². The average Bonchev–Trinajstić information content (AvgIpc) is 2.29. The van der Waals surface area contributed by atoms with Crippen LogP contribution in [-0.4, -0.2) is 25.2 Å². The first-order valence-corrected chi connectivity index (χ1v) is 6.42. The molecule has 2 saturated heterocycles. The van der Waals surface area contributed by atoms with Gasteiger partial charge in [0.15, 0.2) is 0 Å². The Balaban J connectivity index is 1.60. The van der Waals surface area contributed by atoms with Crippen molar-refractivity contribution in [2.75, 3.05) is 13.1 Å². The van der Waals surface area contributed by atoms with E-state index in [1.165, 1.54) is 64.5 Å². The van der Waals surface area contributed by atoms with E-state index in [1.807, 2.05) is 0 Å². The second kappa shape index (κ2) is 5.72. The van der Waals surface area contributed by atoms with Gasteiger partial charge in [0.25, 0.3) is 0 Å². The molecular formula is C12H24N2. The minimum Gasteiger partial charge on any atom is -0.314 e. The van der Waals surface area contributed by atoms with Crippen molar-refractivity contribution in [2.24, 2.45) is 0 Å². The molecule has 0 radical (unpaired) electrons. The summed E-state index contributed by atoms with van der Waals surface area (Å²) in [6, 6.07) is 1.65. The SMILES string of the molecule is C1CC[C@H](CC[C@H]2CCCCN2)NC1. The van der Waals surface area contributed by atoms with Crippen molar-refractivity contribution in [1.29, 1.82) is 0 Å². The van der Waals surface area contributed by atoms with Crippen LogP contribution in [0.3, 0.4) is 0 Å². The van der Waals surface area contributed by atoms with Crippen LogP contribution in [-0.2, 0) is 0 Å². The van der Waals surface area contributed by atoms with Gasteiger partial charge in [-0.1, -0.05) is 12.8 Å². The lowest BCUT2D eigenvalue weighted by Crippen LogP contribution is -2.38. The van der Waals surface area contributed by atoms with Gasteiger partial charge in [-0.05, 0) is 51.6 Å². The standard InChI is InChI=1S/C12H24N2/c1-3-9-13-11(5-1)7-8-12-6-2-4-10-14-12/h11-14H,1-10H2/t11-,12-/m1/s1. The van der Waals surface area contributed by atoms with Gasteiger partial charge in [-0.25, -0.2) is 0 Å². The van der Waals surface area contributed by atoms with Crippen molar-refractivity contribution >= 4 is 0 Å². The van der Waals surface area contributed by atoms with E-state index in [1.54, 1.807) is 0 Å². The van der Waals surface area contributed by atoms with Gasteiger partial charge in [0.05, 0.1) is 0 Å². The maximum absolute atomic E-state index is 3.63. The minimum absolute atomic E-state index is 0.826. The Morgan fingerprint density at radius 3 is 1.57 bits per heavy atom. The summed E-state index contributed by atoms with van der Waals surface area (Å²) in [7, 11) is 0. The first-order valence-electron chi connectivity index (χ1n) is 6.42. The summed E-state index contributed by atoms with van der Waals surface area (Å²) < 4.78 is 0. The highest BCUT2D eigenvalue weighted by Crippen LogP contribution is 2.16. The van der Waals surface area contributed by atoms with Gasteiger partial charge >= 0.3 is 0 Å². The van der Waals surface area contributed by atoms with Crippen molar-refractivity contribution in [3.8, 4) is 0 Å². The van der Waals surface area contributed by atoms with Crippen molar-refractivity contribution < 1.29 is 0 Å². The molecule has 2 heterocycles. The second-order valence-electron chi connectivity index (χ2n) is 4.87. The molecule has 0 aromatic carbocycles. The van der Waals surface area contributed by atoms with Gasteiger partial charge in [0, 0.05) is 12.1 Å². The maximum Gasteiger partial charge on any atom is 0.00676 e. The smallest absolute Gasteiger partial charge is 0.00676 e. The first kappa shape index (κ1) is 10.4. The van der Waals surface area contributed by atoms with E-state index < -0.39 is 0 Å². The molecule has 2 atom stereocenters. The van der Waals surface area contributed by atoms with Crippen molar-refractivity contribution in [2.45, 2.75) is 63.5 Å². The number of hydrogen-bond donors (Lipinski definition) is 2. The first-order chi connectivity index (χ1) is 6.95. The number of hydrogen-bond acceptors (Lipinski definition) is 2. The number of rotatable bonds is 3. The van der Waals surface area contributed by atoms with Crippen LogP contribution >= 0.6 is 0 Å². The molecule has 2 heteroatoms. The zero-order valence-electron chi connectivity index (χ0n) is 9.23. The monoisotopic (exact) mass is 196 g/mol. The summed E-state index contributed by atoms with van der Waals surface area (Å²) in [5, 5.41) is 7.26. The fourth-order valence-electron chi connectivity index (χ4n) is 2.74. The summed E-state index contributed by atoms with van der Waals surface area (Å²) in [6.07, 6.45) is 11.2. The molecule has 2 aliphatic heterocycles. The van der Waals surface area contributed by atoms with E-state index in [4.69, 9.17) is 0 Å². The Morgan fingerprint density at radius 1 is 0.714 bits per heavy atom.